The molecule has 9 heteroatoms. The maximum absolute atomic E-state index is 14.3. The number of carbonyl (C=O) groups excluding carboxylic acids is 1. The predicted octanol–water partition coefficient (Wildman–Crippen LogP) is 3.44. The van der Waals surface area contributed by atoms with E-state index in [1.165, 1.54) is 19.2 Å². The second-order valence-electron chi connectivity index (χ2n) is 5.29. The fourth-order valence-electron chi connectivity index (χ4n) is 2.46. The smallest absolute Gasteiger partial charge is 0.348 e. The highest BCUT2D eigenvalue weighted by Crippen LogP contribution is 2.34. The molecule has 0 saturated carbocycles. The summed E-state index contributed by atoms with van der Waals surface area (Å²) in [5.41, 5.74) is 0.195. The van der Waals surface area contributed by atoms with Gasteiger partial charge in [0.2, 0.25) is 10.0 Å². The second-order valence-corrected chi connectivity index (χ2v) is 8.11. The number of hydrogen-bond donors (Lipinski definition) is 1. The average Bonchev–Trinajstić information content (AvgIpc) is 3.00. The largest absolute Gasteiger partial charge is 0.465 e. The van der Waals surface area contributed by atoms with Crippen LogP contribution >= 0.6 is 11.3 Å². The van der Waals surface area contributed by atoms with Crippen molar-refractivity contribution in [1.29, 1.82) is 0 Å². The Morgan fingerprint density at radius 1 is 1.15 bits per heavy atom. The number of ether oxygens (including phenoxy) is 1. The first kappa shape index (κ1) is 18.4. The molecule has 5 nitrogen and oxygen atoms in total. The minimum Gasteiger partial charge on any atom is -0.465 e. The molecule has 0 amide bonds. The Morgan fingerprint density at radius 2 is 1.85 bits per heavy atom. The number of sulfonamides is 1. The quantitative estimate of drug-likeness (QED) is 0.670. The van der Waals surface area contributed by atoms with Crippen molar-refractivity contribution in [3.05, 3.63) is 64.5 Å². The van der Waals surface area contributed by atoms with E-state index in [1.54, 1.807) is 6.07 Å². The lowest BCUT2D eigenvalue weighted by atomic mass is 10.1. The third-order valence-electron chi connectivity index (χ3n) is 3.70. The van der Waals surface area contributed by atoms with Gasteiger partial charge in [0.15, 0.2) is 0 Å². The van der Waals surface area contributed by atoms with Crippen molar-refractivity contribution < 1.29 is 26.7 Å². The first-order valence-corrected chi connectivity index (χ1v) is 9.67. The summed E-state index contributed by atoms with van der Waals surface area (Å²) in [5, 5.41) is 0.166. The zero-order valence-electron chi connectivity index (χ0n) is 13.5. The van der Waals surface area contributed by atoms with Gasteiger partial charge in [-0.05, 0) is 36.4 Å². The molecular formula is C17H13F2NO4S2. The number of rotatable bonds is 5. The van der Waals surface area contributed by atoms with Crippen molar-refractivity contribution in [1.82, 2.24) is 4.72 Å². The normalized spacial score (nSPS) is 11.7. The molecular weight excluding hydrogens is 384 g/mol. The second kappa shape index (κ2) is 7.10. The molecule has 0 radical (unpaired) electrons. The van der Waals surface area contributed by atoms with Crippen molar-refractivity contribution in [3.8, 4) is 0 Å². The van der Waals surface area contributed by atoms with Crippen LogP contribution in [0.1, 0.15) is 15.2 Å². The fraction of sp³-hybridized carbons (Fsp3) is 0.118. The molecule has 0 atom stereocenters. The minimum absolute atomic E-state index is 0.120. The minimum atomic E-state index is -3.97. The molecule has 1 heterocycles. The molecule has 3 aromatic rings. The van der Waals surface area contributed by atoms with Gasteiger partial charge >= 0.3 is 5.97 Å². The number of hydrogen-bond acceptors (Lipinski definition) is 5. The molecule has 0 unspecified atom stereocenters. The monoisotopic (exact) mass is 397 g/mol. The van der Waals surface area contributed by atoms with Crippen LogP contribution in [0.5, 0.6) is 0 Å². The number of nitrogens with one attached hydrogen (secondary N) is 1. The van der Waals surface area contributed by atoms with Crippen molar-refractivity contribution in [2.45, 2.75) is 11.4 Å². The number of halogens is 2. The Kier molecular flexibility index (Phi) is 5.03. The van der Waals surface area contributed by atoms with Gasteiger partial charge < -0.3 is 4.74 Å². The highest BCUT2D eigenvalue weighted by atomic mass is 32.2. The van der Waals surface area contributed by atoms with E-state index in [2.05, 4.69) is 4.72 Å². The predicted molar refractivity (Wildman–Crippen MR) is 93.5 cm³/mol. The Hall–Kier alpha value is -2.36. The van der Waals surface area contributed by atoms with Crippen LogP contribution in [-0.2, 0) is 21.3 Å². The van der Waals surface area contributed by atoms with Gasteiger partial charge in [-0.1, -0.05) is 6.07 Å². The molecule has 0 spiro atoms. The number of carbonyl (C=O) groups is 1. The lowest BCUT2D eigenvalue weighted by Crippen LogP contribution is -2.24. The topological polar surface area (TPSA) is 72.5 Å². The molecule has 0 aliphatic carbocycles. The zero-order chi connectivity index (χ0) is 18.9. The summed E-state index contributed by atoms with van der Waals surface area (Å²) in [6.07, 6.45) is 0. The molecule has 0 bridgehead atoms. The molecule has 0 aliphatic rings. The molecule has 3 rings (SSSR count). The summed E-state index contributed by atoms with van der Waals surface area (Å²) in [5.74, 6) is -1.81. The number of benzene rings is 2. The van der Waals surface area contributed by atoms with E-state index in [0.717, 1.165) is 35.6 Å². The van der Waals surface area contributed by atoms with Gasteiger partial charge in [-0.3, -0.25) is 0 Å². The summed E-state index contributed by atoms with van der Waals surface area (Å²) >= 11 is 1.02. The number of methoxy groups -OCH3 is 1. The standard InChI is InChI=1S/C17H13F2NO4S2/c1-24-17(21)16-12(15-13(19)3-2-4-14(15)25-16)9-20-26(22,23)11-7-5-10(18)6-8-11/h2-8,20H,9H2,1H3. The van der Waals surface area contributed by atoms with Crippen LogP contribution in [0.3, 0.4) is 0 Å². The van der Waals surface area contributed by atoms with Crippen molar-refractivity contribution in [2.24, 2.45) is 0 Å². The zero-order valence-corrected chi connectivity index (χ0v) is 15.1. The molecule has 136 valence electrons. The molecule has 0 saturated heterocycles. The van der Waals surface area contributed by atoms with Gasteiger partial charge in [-0.25, -0.2) is 26.7 Å². The molecule has 26 heavy (non-hydrogen) atoms. The van der Waals surface area contributed by atoms with Crippen LogP contribution in [0.4, 0.5) is 8.78 Å². The first-order valence-electron chi connectivity index (χ1n) is 7.37. The summed E-state index contributed by atoms with van der Waals surface area (Å²) < 4.78 is 59.5. The fourth-order valence-corrected chi connectivity index (χ4v) is 4.61. The summed E-state index contributed by atoms with van der Waals surface area (Å²) in [6.45, 7) is -0.314. The van der Waals surface area contributed by atoms with Gasteiger partial charge in [0.05, 0.1) is 12.0 Å². The van der Waals surface area contributed by atoms with Crippen molar-refractivity contribution in [2.75, 3.05) is 7.11 Å². The van der Waals surface area contributed by atoms with E-state index < -0.39 is 27.6 Å². The van der Waals surface area contributed by atoms with Crippen LogP contribution < -0.4 is 4.72 Å². The van der Waals surface area contributed by atoms with Crippen molar-refractivity contribution in [3.63, 3.8) is 0 Å². The third kappa shape index (κ3) is 3.46. The first-order chi connectivity index (χ1) is 12.3. The SMILES string of the molecule is COC(=O)c1sc2cccc(F)c2c1CNS(=O)(=O)c1ccc(F)cc1. The molecule has 1 aromatic heterocycles. The van der Waals surface area contributed by atoms with E-state index in [-0.39, 0.29) is 27.3 Å². The highest BCUT2D eigenvalue weighted by Gasteiger charge is 2.23. The van der Waals surface area contributed by atoms with Gasteiger partial charge in [-0.15, -0.1) is 11.3 Å². The lowest BCUT2D eigenvalue weighted by molar-refractivity contribution is 0.0605. The molecule has 1 N–H and O–H groups in total. The van der Waals surface area contributed by atoms with Gasteiger partial charge in [0.25, 0.3) is 0 Å². The van der Waals surface area contributed by atoms with Crippen molar-refractivity contribution >= 4 is 37.4 Å². The Morgan fingerprint density at radius 3 is 2.50 bits per heavy atom. The van der Waals surface area contributed by atoms with E-state index in [1.807, 2.05) is 0 Å². The van der Waals surface area contributed by atoms with E-state index in [9.17, 15) is 22.0 Å². The summed E-state index contributed by atoms with van der Waals surface area (Å²) in [6, 6.07) is 8.64. The highest BCUT2D eigenvalue weighted by molar-refractivity contribution is 7.89. The Bertz CT molecular complexity index is 1080. The lowest BCUT2D eigenvalue weighted by Gasteiger charge is -2.08. The van der Waals surface area contributed by atoms with E-state index >= 15 is 0 Å². The number of thiophene rings is 1. The van der Waals surface area contributed by atoms with Gasteiger partial charge in [0, 0.05) is 22.2 Å². The average molecular weight is 397 g/mol. The van der Waals surface area contributed by atoms with Crippen LogP contribution in [0.2, 0.25) is 0 Å². The van der Waals surface area contributed by atoms with Crippen LogP contribution in [0.25, 0.3) is 10.1 Å². The Labute approximate surface area is 152 Å². The molecule has 0 aliphatic heterocycles. The molecule has 2 aromatic carbocycles. The van der Waals surface area contributed by atoms with E-state index in [4.69, 9.17) is 4.74 Å². The number of esters is 1. The maximum atomic E-state index is 14.3. The van der Waals surface area contributed by atoms with E-state index in [0.29, 0.717) is 4.70 Å². The third-order valence-corrected chi connectivity index (χ3v) is 6.29. The van der Waals surface area contributed by atoms with Gasteiger partial charge in [-0.2, -0.15) is 0 Å². The van der Waals surface area contributed by atoms with Crippen LogP contribution in [0, 0.1) is 11.6 Å². The van der Waals surface area contributed by atoms with Crippen LogP contribution in [0.15, 0.2) is 47.4 Å². The number of fused-ring (bicyclic) bond motifs is 1. The van der Waals surface area contributed by atoms with Gasteiger partial charge in [0.1, 0.15) is 16.5 Å². The summed E-state index contributed by atoms with van der Waals surface area (Å²) in [4.78, 5) is 12.0. The Balaban J connectivity index is 2.00. The molecule has 0 fully saturated rings. The van der Waals surface area contributed by atoms with Crippen LogP contribution in [-0.4, -0.2) is 21.5 Å². The summed E-state index contributed by atoms with van der Waals surface area (Å²) in [7, 11) is -2.78. The maximum Gasteiger partial charge on any atom is 0.348 e.